The number of allylic oxidation sites excluding steroid dienone is 4. The molecule has 4 aliphatic carbocycles. The number of aliphatic hydroxyl groups is 1. The third-order valence-electron chi connectivity index (χ3n) is 13.1. The van der Waals surface area contributed by atoms with E-state index < -0.39 is 16.6 Å². The van der Waals surface area contributed by atoms with E-state index in [-0.39, 0.29) is 28.4 Å². The molecule has 0 heterocycles. The molecule has 44 heavy (non-hydrogen) atoms. The highest BCUT2D eigenvalue weighted by Crippen LogP contribution is 2.59. The zero-order valence-electron chi connectivity index (χ0n) is 30.7. The minimum absolute atomic E-state index is 0.0233. The molecule has 0 amide bonds. The summed E-state index contributed by atoms with van der Waals surface area (Å²) >= 11 is 0. The largest absolute Gasteiger partial charge is 0.413 e. The zero-order chi connectivity index (χ0) is 32.9. The molecule has 0 bridgehead atoms. The molecule has 0 spiro atoms. The van der Waals surface area contributed by atoms with Crippen LogP contribution in [0.2, 0.25) is 36.3 Å². The Bertz CT molecular complexity index is 1130. The summed E-state index contributed by atoms with van der Waals surface area (Å²) in [7, 11) is -3.90. The van der Waals surface area contributed by atoms with Crippen molar-refractivity contribution < 1.29 is 14.0 Å². The van der Waals surface area contributed by atoms with E-state index in [1.807, 2.05) is 0 Å². The van der Waals surface area contributed by atoms with Crippen molar-refractivity contribution in [3.63, 3.8) is 0 Å². The van der Waals surface area contributed by atoms with Crippen LogP contribution in [0.25, 0.3) is 0 Å². The van der Waals surface area contributed by atoms with E-state index in [0.29, 0.717) is 29.1 Å². The van der Waals surface area contributed by atoms with Crippen LogP contribution in [-0.4, -0.2) is 40.1 Å². The van der Waals surface area contributed by atoms with Crippen LogP contribution < -0.4 is 0 Å². The van der Waals surface area contributed by atoms with Gasteiger partial charge >= 0.3 is 0 Å². The lowest BCUT2D eigenvalue weighted by Gasteiger charge is -2.45. The van der Waals surface area contributed by atoms with E-state index in [0.717, 1.165) is 12.8 Å². The minimum atomic E-state index is -1.98. The quantitative estimate of drug-likeness (QED) is 0.201. The second-order valence-electron chi connectivity index (χ2n) is 18.4. The maximum atomic E-state index is 10.5. The third kappa shape index (κ3) is 7.86. The van der Waals surface area contributed by atoms with E-state index in [2.05, 4.69) is 112 Å². The summed E-state index contributed by atoms with van der Waals surface area (Å²) in [6.45, 7) is 33.2. The summed E-state index contributed by atoms with van der Waals surface area (Å²) < 4.78 is 14.2. The topological polar surface area (TPSA) is 38.7 Å². The minimum Gasteiger partial charge on any atom is -0.413 e. The molecule has 0 radical (unpaired) electrons. The molecule has 4 saturated carbocycles. The highest BCUT2D eigenvalue weighted by Gasteiger charge is 2.50. The predicted molar refractivity (Wildman–Crippen MR) is 194 cm³/mol. The van der Waals surface area contributed by atoms with Gasteiger partial charge in [0.25, 0.3) is 0 Å². The summed E-state index contributed by atoms with van der Waals surface area (Å²) in [5.74, 6) is 2.35. The molecule has 4 fully saturated rings. The zero-order valence-corrected chi connectivity index (χ0v) is 32.7. The molecule has 5 heteroatoms. The van der Waals surface area contributed by atoms with Crippen molar-refractivity contribution in [3.8, 4) is 0 Å². The maximum absolute atomic E-state index is 10.5. The number of hydrogen-bond donors (Lipinski definition) is 1. The van der Waals surface area contributed by atoms with Gasteiger partial charge in [-0.2, -0.15) is 0 Å². The maximum Gasteiger partial charge on any atom is 0.192 e. The molecule has 1 N–H and O–H groups in total. The Hall–Kier alpha value is -0.726. The van der Waals surface area contributed by atoms with E-state index >= 15 is 0 Å². The van der Waals surface area contributed by atoms with Crippen molar-refractivity contribution in [1.29, 1.82) is 0 Å². The van der Waals surface area contributed by atoms with Gasteiger partial charge < -0.3 is 14.0 Å². The van der Waals surface area contributed by atoms with Crippen LogP contribution in [0.1, 0.15) is 113 Å². The van der Waals surface area contributed by atoms with Gasteiger partial charge in [0.15, 0.2) is 16.6 Å². The van der Waals surface area contributed by atoms with Crippen molar-refractivity contribution in [2.45, 2.75) is 168 Å². The monoisotopic (exact) mass is 640 g/mol. The molecular weight excluding hydrogens is 573 g/mol. The number of fused-ring (bicyclic) bond motifs is 1. The lowest BCUT2D eigenvalue weighted by molar-refractivity contribution is 0.0969. The molecule has 0 aliphatic heterocycles. The van der Waals surface area contributed by atoms with Gasteiger partial charge in [0.2, 0.25) is 0 Å². The van der Waals surface area contributed by atoms with Crippen LogP contribution in [0.15, 0.2) is 47.6 Å². The van der Waals surface area contributed by atoms with Crippen LogP contribution in [-0.2, 0) is 8.85 Å². The SMILES string of the molecule is C=C1/C(=C\C=C2/CCC[C@]3(C)[C@@H]([C@H](C)/C=C/[C@H](O)C4CC4)CC[C@@H]23)C[C@@H](O[Si](C)(C)C(C)(C)C)C[C@@H]1O[Si](C)(C)C(C)(C)C. The van der Waals surface area contributed by atoms with Crippen LogP contribution in [0.3, 0.4) is 0 Å². The Labute approximate surface area is 274 Å². The molecule has 0 aromatic rings. The summed E-state index contributed by atoms with van der Waals surface area (Å²) in [5, 5.41) is 10.8. The highest BCUT2D eigenvalue weighted by molar-refractivity contribution is 6.74. The Morgan fingerprint density at radius 3 is 2.11 bits per heavy atom. The first-order valence-corrected chi connectivity index (χ1v) is 23.8. The van der Waals surface area contributed by atoms with Crippen LogP contribution in [0.4, 0.5) is 0 Å². The number of hydrogen-bond acceptors (Lipinski definition) is 3. The van der Waals surface area contributed by atoms with Crippen molar-refractivity contribution in [2.24, 2.45) is 29.1 Å². The van der Waals surface area contributed by atoms with Gasteiger partial charge in [-0.3, -0.25) is 0 Å². The first-order valence-electron chi connectivity index (χ1n) is 18.0. The molecular formula is C39H68O3Si2. The molecule has 0 saturated heterocycles. The number of aliphatic hydroxyl groups excluding tert-OH is 1. The van der Waals surface area contributed by atoms with Gasteiger partial charge in [-0.25, -0.2) is 0 Å². The van der Waals surface area contributed by atoms with E-state index in [1.54, 1.807) is 5.57 Å². The second kappa shape index (κ2) is 13.1. The first kappa shape index (κ1) is 36.1. The average molecular weight is 641 g/mol. The molecule has 4 rings (SSSR count). The summed E-state index contributed by atoms with van der Waals surface area (Å²) in [4.78, 5) is 0. The lowest BCUT2D eigenvalue weighted by Crippen LogP contribution is -2.49. The summed E-state index contributed by atoms with van der Waals surface area (Å²) in [6, 6.07) is 0. The van der Waals surface area contributed by atoms with Crippen molar-refractivity contribution in [2.75, 3.05) is 0 Å². The predicted octanol–water partition coefficient (Wildman–Crippen LogP) is 11.1. The Balaban J connectivity index is 1.57. The smallest absolute Gasteiger partial charge is 0.192 e. The van der Waals surface area contributed by atoms with Gasteiger partial charge in [0.1, 0.15) is 0 Å². The molecule has 7 atom stereocenters. The van der Waals surface area contributed by atoms with E-state index in [9.17, 15) is 5.11 Å². The molecule has 0 unspecified atom stereocenters. The fraction of sp³-hybridized carbons (Fsp3) is 0.795. The Kier molecular flexibility index (Phi) is 10.7. The number of rotatable bonds is 9. The van der Waals surface area contributed by atoms with Gasteiger partial charge in [-0.05, 0) is 128 Å². The van der Waals surface area contributed by atoms with Crippen molar-refractivity contribution >= 4 is 16.6 Å². The highest BCUT2D eigenvalue weighted by atomic mass is 28.4. The van der Waals surface area contributed by atoms with E-state index in [4.69, 9.17) is 8.85 Å². The molecule has 250 valence electrons. The van der Waals surface area contributed by atoms with Crippen molar-refractivity contribution in [1.82, 2.24) is 0 Å². The van der Waals surface area contributed by atoms with Gasteiger partial charge in [0.05, 0.1) is 18.3 Å². The van der Waals surface area contributed by atoms with Crippen LogP contribution >= 0.6 is 0 Å². The molecule has 0 aromatic carbocycles. The first-order chi connectivity index (χ1) is 20.2. The van der Waals surface area contributed by atoms with Crippen LogP contribution in [0, 0.1) is 29.1 Å². The third-order valence-corrected chi connectivity index (χ3v) is 22.1. The summed E-state index contributed by atoms with van der Waals surface area (Å²) in [5.41, 5.74) is 4.49. The standard InChI is InChI=1S/C39H68O3Si2/c1-27(16-23-35(40)30-18-19-30)33-21-22-34-29(15-14-24-39(33,34)9)17-20-31-25-32(41-43(10,11)37(3,4)5)26-36(28(31)2)42-44(12,13)38(6,7)8/h16-17,20,23,27,30,32-36,40H,2,14-15,18-19,21-22,24-26H2,1,3-13H3/b23-16+,29-17+,31-20-/t27-,32-,33-,34+,35+,36+,39-/m1/s1. The fourth-order valence-corrected chi connectivity index (χ4v) is 10.6. The second-order valence-corrected chi connectivity index (χ2v) is 27.9. The van der Waals surface area contributed by atoms with Gasteiger partial charge in [0, 0.05) is 6.42 Å². The van der Waals surface area contributed by atoms with Crippen LogP contribution in [0.5, 0.6) is 0 Å². The normalized spacial score (nSPS) is 34.2. The lowest BCUT2D eigenvalue weighted by atomic mass is 9.61. The Morgan fingerprint density at radius 2 is 1.52 bits per heavy atom. The Morgan fingerprint density at radius 1 is 0.909 bits per heavy atom. The molecule has 3 nitrogen and oxygen atoms in total. The fourth-order valence-electron chi connectivity index (χ4n) is 7.93. The van der Waals surface area contributed by atoms with Crippen molar-refractivity contribution in [3.05, 3.63) is 47.6 Å². The van der Waals surface area contributed by atoms with Gasteiger partial charge in [-0.15, -0.1) is 0 Å². The molecule has 4 aliphatic rings. The average Bonchev–Trinajstić information content (AvgIpc) is 3.68. The van der Waals surface area contributed by atoms with E-state index in [1.165, 1.54) is 56.1 Å². The van der Waals surface area contributed by atoms with Gasteiger partial charge in [-0.1, -0.05) is 91.8 Å². The summed E-state index contributed by atoms with van der Waals surface area (Å²) in [6.07, 6.45) is 19.9. The molecule has 0 aromatic heterocycles.